The van der Waals surface area contributed by atoms with Crippen LogP contribution in [0.5, 0.6) is 0 Å². The highest BCUT2D eigenvalue weighted by molar-refractivity contribution is 7.98. The minimum atomic E-state index is -2.97. The highest BCUT2D eigenvalue weighted by atomic mass is 32.2. The summed E-state index contributed by atoms with van der Waals surface area (Å²) in [7, 11) is -1.31. The molecule has 0 radical (unpaired) electrons. The number of rotatable bonds is 4. The van der Waals surface area contributed by atoms with E-state index in [-0.39, 0.29) is 23.5 Å². The summed E-state index contributed by atoms with van der Waals surface area (Å²) in [6.45, 7) is 0. The monoisotopic (exact) mass is 325 g/mol. The minimum Gasteiger partial charge on any atom is -0.338 e. The van der Waals surface area contributed by atoms with Gasteiger partial charge in [-0.05, 0) is 36.4 Å². The molecule has 0 saturated carbocycles. The van der Waals surface area contributed by atoms with Gasteiger partial charge in [-0.1, -0.05) is 12.1 Å². The number of benzene rings is 1. The van der Waals surface area contributed by atoms with Gasteiger partial charge >= 0.3 is 0 Å². The fourth-order valence-electron chi connectivity index (χ4n) is 2.26. The number of thioether (sulfide) groups is 1. The number of nitrogens with zero attached hydrogens (tertiary/aromatic N) is 1. The lowest BCUT2D eigenvalue weighted by Gasteiger charge is -2.21. The van der Waals surface area contributed by atoms with Crippen LogP contribution in [0.1, 0.15) is 12.0 Å². The maximum atomic E-state index is 12.1. The quantitative estimate of drug-likeness (QED) is 0.628. The van der Waals surface area contributed by atoms with Crippen LogP contribution in [-0.2, 0) is 14.6 Å². The van der Waals surface area contributed by atoms with Crippen molar-refractivity contribution in [3.63, 3.8) is 0 Å². The molecule has 1 heterocycles. The molecule has 1 saturated heterocycles. The molecule has 4 nitrogen and oxygen atoms in total. The van der Waals surface area contributed by atoms with Gasteiger partial charge < -0.3 is 4.90 Å². The first-order valence-electron chi connectivity index (χ1n) is 6.70. The van der Waals surface area contributed by atoms with E-state index >= 15 is 0 Å². The normalized spacial score (nSPS) is 20.8. The van der Waals surface area contributed by atoms with Crippen molar-refractivity contribution in [1.82, 2.24) is 4.90 Å². The molecule has 1 atom stereocenters. The van der Waals surface area contributed by atoms with E-state index < -0.39 is 9.84 Å². The lowest BCUT2D eigenvalue weighted by atomic mass is 10.2. The molecule has 2 rings (SSSR count). The Morgan fingerprint density at radius 2 is 2.00 bits per heavy atom. The van der Waals surface area contributed by atoms with E-state index in [4.69, 9.17) is 0 Å². The second-order valence-corrected chi connectivity index (χ2v) is 8.22. The predicted molar refractivity (Wildman–Crippen MR) is 87.1 cm³/mol. The molecule has 114 valence electrons. The number of hydrogen-bond acceptors (Lipinski definition) is 4. The van der Waals surface area contributed by atoms with Crippen molar-refractivity contribution in [3.05, 3.63) is 35.9 Å². The highest BCUT2D eigenvalue weighted by Crippen LogP contribution is 2.18. The number of carbonyl (C=O) groups is 1. The predicted octanol–water partition coefficient (Wildman–Crippen LogP) is 2.07. The Hall–Kier alpha value is -1.27. The zero-order valence-corrected chi connectivity index (χ0v) is 13.8. The lowest BCUT2D eigenvalue weighted by Crippen LogP contribution is -2.36. The van der Waals surface area contributed by atoms with Gasteiger partial charge in [-0.25, -0.2) is 8.42 Å². The molecule has 0 bridgehead atoms. The summed E-state index contributed by atoms with van der Waals surface area (Å²) in [6.07, 6.45) is 5.80. The van der Waals surface area contributed by atoms with Crippen LogP contribution in [0.2, 0.25) is 0 Å². The summed E-state index contributed by atoms with van der Waals surface area (Å²) in [5.41, 5.74) is 0.952. The zero-order valence-electron chi connectivity index (χ0n) is 12.2. The lowest BCUT2D eigenvalue weighted by molar-refractivity contribution is -0.126. The number of sulfone groups is 1. The summed E-state index contributed by atoms with van der Waals surface area (Å²) in [4.78, 5) is 14.8. The molecular formula is C15H19NO3S2. The second-order valence-electron chi connectivity index (χ2n) is 5.11. The van der Waals surface area contributed by atoms with Crippen LogP contribution in [0.4, 0.5) is 0 Å². The molecule has 1 aliphatic heterocycles. The van der Waals surface area contributed by atoms with E-state index in [1.165, 1.54) is 15.9 Å². The summed E-state index contributed by atoms with van der Waals surface area (Å²) in [5.74, 6) is 0.0896. The summed E-state index contributed by atoms with van der Waals surface area (Å²) < 4.78 is 22.9. The van der Waals surface area contributed by atoms with Crippen LogP contribution in [0.15, 0.2) is 35.2 Å². The molecule has 1 aromatic rings. The number of hydrogen-bond donors (Lipinski definition) is 0. The van der Waals surface area contributed by atoms with Crippen LogP contribution in [0.3, 0.4) is 0 Å². The van der Waals surface area contributed by atoms with E-state index in [9.17, 15) is 13.2 Å². The van der Waals surface area contributed by atoms with E-state index in [1.807, 2.05) is 30.5 Å². The molecule has 1 aliphatic rings. The smallest absolute Gasteiger partial charge is 0.246 e. The van der Waals surface area contributed by atoms with Gasteiger partial charge in [-0.2, -0.15) is 0 Å². The van der Waals surface area contributed by atoms with Gasteiger partial charge in [0.05, 0.1) is 11.5 Å². The topological polar surface area (TPSA) is 54.5 Å². The van der Waals surface area contributed by atoms with Crippen molar-refractivity contribution < 1.29 is 13.2 Å². The standard InChI is InChI=1S/C15H19NO3S2/c1-16(13-9-10-21(18,19)11-13)15(17)8-5-12-3-6-14(20-2)7-4-12/h3-8,13H,9-11H2,1-2H3/b8-5+. The average molecular weight is 325 g/mol. The third-order valence-corrected chi connectivity index (χ3v) is 6.13. The molecule has 21 heavy (non-hydrogen) atoms. The van der Waals surface area contributed by atoms with Crippen molar-refractivity contribution >= 4 is 33.6 Å². The molecule has 0 aliphatic carbocycles. The van der Waals surface area contributed by atoms with Gasteiger partial charge in [-0.3, -0.25) is 4.79 Å². The molecule has 1 aromatic carbocycles. The Bertz CT molecular complexity index is 635. The van der Waals surface area contributed by atoms with Crippen molar-refractivity contribution in [3.8, 4) is 0 Å². The van der Waals surface area contributed by atoms with Crippen molar-refractivity contribution in [1.29, 1.82) is 0 Å². The molecule has 0 spiro atoms. The first-order chi connectivity index (χ1) is 9.91. The fourth-order valence-corrected chi connectivity index (χ4v) is 4.44. The third-order valence-electron chi connectivity index (χ3n) is 3.64. The van der Waals surface area contributed by atoms with Crippen LogP contribution >= 0.6 is 11.8 Å². The van der Waals surface area contributed by atoms with Gasteiger partial charge in [0.1, 0.15) is 0 Å². The largest absolute Gasteiger partial charge is 0.338 e. The van der Waals surface area contributed by atoms with Crippen LogP contribution in [-0.4, -0.2) is 50.1 Å². The van der Waals surface area contributed by atoms with E-state index in [0.29, 0.717) is 6.42 Å². The SMILES string of the molecule is CSc1ccc(/C=C/C(=O)N(C)C2CCS(=O)(=O)C2)cc1. The minimum absolute atomic E-state index is 0.0749. The summed E-state index contributed by atoms with van der Waals surface area (Å²) >= 11 is 1.67. The van der Waals surface area contributed by atoms with Crippen molar-refractivity contribution in [2.75, 3.05) is 24.8 Å². The molecule has 0 aromatic heterocycles. The zero-order chi connectivity index (χ0) is 15.5. The number of likely N-dealkylation sites (N-methyl/N-ethyl adjacent to an activating group) is 1. The first kappa shape index (κ1) is 16.1. The van der Waals surface area contributed by atoms with Crippen LogP contribution < -0.4 is 0 Å². The van der Waals surface area contributed by atoms with Gasteiger partial charge in [0.25, 0.3) is 0 Å². The van der Waals surface area contributed by atoms with E-state index in [1.54, 1.807) is 24.9 Å². The maximum absolute atomic E-state index is 12.1. The molecule has 1 fully saturated rings. The average Bonchev–Trinajstić information content (AvgIpc) is 2.84. The third kappa shape index (κ3) is 4.35. The molecule has 1 amide bonds. The molecule has 0 N–H and O–H groups in total. The Kier molecular flexibility index (Phi) is 5.11. The van der Waals surface area contributed by atoms with Gasteiger partial charge in [0, 0.05) is 24.1 Å². The summed E-state index contributed by atoms with van der Waals surface area (Å²) in [6, 6.07) is 7.71. The van der Waals surface area contributed by atoms with Gasteiger partial charge in [0.2, 0.25) is 5.91 Å². The maximum Gasteiger partial charge on any atom is 0.246 e. The van der Waals surface area contributed by atoms with Crippen molar-refractivity contribution in [2.24, 2.45) is 0 Å². The summed E-state index contributed by atoms with van der Waals surface area (Å²) in [5, 5.41) is 0. The Labute approximate surface area is 130 Å². The van der Waals surface area contributed by atoms with Gasteiger partial charge in [0.15, 0.2) is 9.84 Å². The van der Waals surface area contributed by atoms with E-state index in [2.05, 4.69) is 0 Å². The van der Waals surface area contributed by atoms with Crippen molar-refractivity contribution in [2.45, 2.75) is 17.4 Å². The molecule has 6 heteroatoms. The number of amides is 1. The van der Waals surface area contributed by atoms with Crippen LogP contribution in [0, 0.1) is 0 Å². The fraction of sp³-hybridized carbons (Fsp3) is 0.400. The molecular weight excluding hydrogens is 306 g/mol. The Balaban J connectivity index is 1.98. The van der Waals surface area contributed by atoms with Gasteiger partial charge in [-0.15, -0.1) is 11.8 Å². The van der Waals surface area contributed by atoms with Crippen LogP contribution in [0.25, 0.3) is 6.08 Å². The Morgan fingerprint density at radius 3 is 2.52 bits per heavy atom. The molecule has 1 unspecified atom stereocenters. The highest BCUT2D eigenvalue weighted by Gasteiger charge is 2.31. The Morgan fingerprint density at radius 1 is 1.33 bits per heavy atom. The van der Waals surface area contributed by atoms with E-state index in [0.717, 1.165) is 5.56 Å². The second kappa shape index (κ2) is 6.66. The number of carbonyl (C=O) groups excluding carboxylic acids is 1. The first-order valence-corrected chi connectivity index (χ1v) is 9.75.